The van der Waals surface area contributed by atoms with E-state index in [1.807, 2.05) is 24.3 Å². The SMILES string of the molecule is CS(=O)(=O)N1CCCC[C@@H]1CCNC(=O)Cc1[nH]nc2ccccc12. The number of nitrogens with one attached hydrogen (secondary N) is 2. The van der Waals surface area contributed by atoms with Crippen LogP contribution in [0, 0.1) is 0 Å². The van der Waals surface area contributed by atoms with Gasteiger partial charge in [0.15, 0.2) is 0 Å². The monoisotopic (exact) mass is 364 g/mol. The third-order valence-corrected chi connectivity index (χ3v) is 6.01. The van der Waals surface area contributed by atoms with Gasteiger partial charge in [0.05, 0.1) is 23.9 Å². The fourth-order valence-corrected chi connectivity index (χ4v) is 4.66. The van der Waals surface area contributed by atoms with Crippen molar-refractivity contribution in [3.8, 4) is 0 Å². The summed E-state index contributed by atoms with van der Waals surface area (Å²) in [6.45, 7) is 1.05. The lowest BCUT2D eigenvalue weighted by Crippen LogP contribution is -2.44. The maximum Gasteiger partial charge on any atom is 0.226 e. The van der Waals surface area contributed by atoms with Crippen LogP contribution < -0.4 is 5.32 Å². The molecule has 0 unspecified atom stereocenters. The smallest absolute Gasteiger partial charge is 0.226 e. The Kier molecular flexibility index (Phi) is 5.39. The Labute approximate surface area is 147 Å². The number of nitrogens with zero attached hydrogens (tertiary/aromatic N) is 2. The second-order valence-corrected chi connectivity index (χ2v) is 8.49. The number of amides is 1. The van der Waals surface area contributed by atoms with Gasteiger partial charge >= 0.3 is 0 Å². The van der Waals surface area contributed by atoms with Crippen molar-refractivity contribution in [3.05, 3.63) is 30.0 Å². The van der Waals surface area contributed by atoms with Gasteiger partial charge in [-0.1, -0.05) is 24.6 Å². The fraction of sp³-hybridized carbons (Fsp3) is 0.529. The summed E-state index contributed by atoms with van der Waals surface area (Å²) in [4.78, 5) is 12.2. The molecule has 1 aliphatic rings. The molecule has 0 bridgehead atoms. The van der Waals surface area contributed by atoms with E-state index >= 15 is 0 Å². The Morgan fingerprint density at radius 3 is 2.96 bits per heavy atom. The Morgan fingerprint density at radius 2 is 2.16 bits per heavy atom. The second-order valence-electron chi connectivity index (χ2n) is 6.56. The minimum absolute atomic E-state index is 0.0166. The van der Waals surface area contributed by atoms with Crippen molar-refractivity contribution in [1.29, 1.82) is 0 Å². The molecule has 0 spiro atoms. The number of aromatic amines is 1. The summed E-state index contributed by atoms with van der Waals surface area (Å²) in [7, 11) is -3.18. The van der Waals surface area contributed by atoms with Crippen LogP contribution in [0.15, 0.2) is 24.3 Å². The van der Waals surface area contributed by atoms with E-state index in [4.69, 9.17) is 0 Å². The quantitative estimate of drug-likeness (QED) is 0.810. The molecular weight excluding hydrogens is 340 g/mol. The molecule has 8 heteroatoms. The summed E-state index contributed by atoms with van der Waals surface area (Å²) >= 11 is 0. The molecule has 1 aromatic carbocycles. The van der Waals surface area contributed by atoms with Crippen molar-refractivity contribution in [2.45, 2.75) is 38.1 Å². The highest BCUT2D eigenvalue weighted by atomic mass is 32.2. The molecule has 0 radical (unpaired) electrons. The molecule has 2 aromatic rings. The number of aromatic nitrogens is 2. The number of carbonyl (C=O) groups excluding carboxylic acids is 1. The number of para-hydroxylation sites is 1. The highest BCUT2D eigenvalue weighted by Gasteiger charge is 2.28. The van der Waals surface area contributed by atoms with Crippen molar-refractivity contribution in [2.75, 3.05) is 19.3 Å². The highest BCUT2D eigenvalue weighted by Crippen LogP contribution is 2.22. The first-order valence-corrected chi connectivity index (χ1v) is 10.5. The molecule has 1 saturated heterocycles. The van der Waals surface area contributed by atoms with Gasteiger partial charge in [-0.05, 0) is 25.3 Å². The lowest BCUT2D eigenvalue weighted by Gasteiger charge is -2.33. The minimum atomic E-state index is -3.18. The Bertz CT molecular complexity index is 846. The first-order chi connectivity index (χ1) is 11.9. The number of piperidine rings is 1. The largest absolute Gasteiger partial charge is 0.356 e. The number of H-pyrrole nitrogens is 1. The Balaban J connectivity index is 1.52. The van der Waals surface area contributed by atoms with Crippen molar-refractivity contribution >= 4 is 26.8 Å². The van der Waals surface area contributed by atoms with E-state index in [9.17, 15) is 13.2 Å². The van der Waals surface area contributed by atoms with Crippen molar-refractivity contribution < 1.29 is 13.2 Å². The summed E-state index contributed by atoms with van der Waals surface area (Å²) in [6.07, 6.45) is 4.93. The third kappa shape index (κ3) is 4.38. The third-order valence-electron chi connectivity index (χ3n) is 4.68. The number of sulfonamides is 1. The molecular formula is C17H24N4O3S. The van der Waals surface area contributed by atoms with Crippen LogP contribution in [0.3, 0.4) is 0 Å². The van der Waals surface area contributed by atoms with Gasteiger partial charge in [-0.2, -0.15) is 9.40 Å². The summed E-state index contributed by atoms with van der Waals surface area (Å²) in [5.74, 6) is -0.0869. The number of benzene rings is 1. The molecule has 1 atom stereocenters. The predicted molar refractivity (Wildman–Crippen MR) is 96.6 cm³/mol. The molecule has 1 fully saturated rings. The summed E-state index contributed by atoms with van der Waals surface area (Å²) < 4.78 is 25.3. The zero-order chi connectivity index (χ0) is 17.9. The van der Waals surface area contributed by atoms with Gasteiger partial charge in [-0.25, -0.2) is 8.42 Å². The molecule has 0 saturated carbocycles. The lowest BCUT2D eigenvalue weighted by atomic mass is 10.0. The average Bonchev–Trinajstić information content (AvgIpc) is 2.97. The van der Waals surface area contributed by atoms with Crippen LogP contribution in [0.5, 0.6) is 0 Å². The topological polar surface area (TPSA) is 95.2 Å². The van der Waals surface area contributed by atoms with Gasteiger partial charge in [0.2, 0.25) is 15.9 Å². The van der Waals surface area contributed by atoms with Crippen LogP contribution in [0.2, 0.25) is 0 Å². The van der Waals surface area contributed by atoms with Crippen LogP contribution in [0.25, 0.3) is 10.9 Å². The van der Waals surface area contributed by atoms with E-state index < -0.39 is 10.0 Å². The number of carbonyl (C=O) groups is 1. The van der Waals surface area contributed by atoms with Crippen molar-refractivity contribution in [1.82, 2.24) is 19.8 Å². The van der Waals surface area contributed by atoms with E-state index in [0.29, 0.717) is 19.5 Å². The summed E-state index contributed by atoms with van der Waals surface area (Å²) in [5.41, 5.74) is 1.64. The van der Waals surface area contributed by atoms with Crippen molar-refractivity contribution in [2.24, 2.45) is 0 Å². The van der Waals surface area contributed by atoms with Crippen LogP contribution >= 0.6 is 0 Å². The van der Waals surface area contributed by atoms with E-state index in [1.165, 1.54) is 6.26 Å². The number of hydrogen-bond donors (Lipinski definition) is 2. The van der Waals surface area contributed by atoms with E-state index in [-0.39, 0.29) is 18.4 Å². The first-order valence-electron chi connectivity index (χ1n) is 8.60. The minimum Gasteiger partial charge on any atom is -0.356 e. The van der Waals surface area contributed by atoms with Crippen LogP contribution in [-0.2, 0) is 21.2 Å². The van der Waals surface area contributed by atoms with Crippen LogP contribution in [-0.4, -0.2) is 54.2 Å². The normalized spacial score (nSPS) is 19.2. The van der Waals surface area contributed by atoms with E-state index in [2.05, 4.69) is 15.5 Å². The lowest BCUT2D eigenvalue weighted by molar-refractivity contribution is -0.120. The Morgan fingerprint density at radius 1 is 1.36 bits per heavy atom. The Hall–Kier alpha value is -1.93. The van der Waals surface area contributed by atoms with Gasteiger partial charge in [0.25, 0.3) is 0 Å². The highest BCUT2D eigenvalue weighted by molar-refractivity contribution is 7.88. The molecule has 0 aliphatic carbocycles. The van der Waals surface area contributed by atoms with Gasteiger partial charge in [-0.3, -0.25) is 9.89 Å². The summed E-state index contributed by atoms with van der Waals surface area (Å²) in [6, 6.07) is 7.65. The first kappa shape index (κ1) is 17.9. The molecule has 3 rings (SSSR count). The molecule has 2 heterocycles. The standard InChI is InChI=1S/C17H24N4O3S/c1-25(23,24)21-11-5-4-6-13(21)9-10-18-17(22)12-16-14-7-2-3-8-15(14)19-20-16/h2-3,7-8,13H,4-6,9-12H2,1H3,(H,18,22)(H,19,20)/t13-/m1/s1. The number of fused-ring (bicyclic) bond motifs is 1. The maximum absolute atomic E-state index is 12.2. The molecule has 2 N–H and O–H groups in total. The summed E-state index contributed by atoms with van der Waals surface area (Å²) in [5, 5.41) is 10.9. The van der Waals surface area contributed by atoms with Crippen molar-refractivity contribution in [3.63, 3.8) is 0 Å². The number of rotatable bonds is 6. The van der Waals surface area contributed by atoms with Gasteiger partial charge in [0, 0.05) is 24.5 Å². The predicted octanol–water partition coefficient (Wildman–Crippen LogP) is 1.43. The molecule has 7 nitrogen and oxygen atoms in total. The molecule has 25 heavy (non-hydrogen) atoms. The average molecular weight is 364 g/mol. The van der Waals surface area contributed by atoms with Gasteiger partial charge in [-0.15, -0.1) is 0 Å². The van der Waals surface area contributed by atoms with E-state index in [1.54, 1.807) is 4.31 Å². The van der Waals surface area contributed by atoms with Crippen LogP contribution in [0.1, 0.15) is 31.4 Å². The number of hydrogen-bond acceptors (Lipinski definition) is 4. The van der Waals surface area contributed by atoms with Gasteiger partial charge in [0.1, 0.15) is 0 Å². The second kappa shape index (κ2) is 7.53. The maximum atomic E-state index is 12.2. The zero-order valence-electron chi connectivity index (χ0n) is 14.4. The van der Waals surface area contributed by atoms with E-state index in [0.717, 1.165) is 35.9 Å². The van der Waals surface area contributed by atoms with Crippen LogP contribution in [0.4, 0.5) is 0 Å². The zero-order valence-corrected chi connectivity index (χ0v) is 15.2. The van der Waals surface area contributed by atoms with Gasteiger partial charge < -0.3 is 5.32 Å². The molecule has 1 aromatic heterocycles. The molecule has 136 valence electrons. The molecule has 1 aliphatic heterocycles. The fourth-order valence-electron chi connectivity index (χ4n) is 3.45. The molecule has 1 amide bonds.